The number of hydrogen-bond donors (Lipinski definition) is 3. The van der Waals surface area contributed by atoms with Gasteiger partial charge < -0.3 is 20.2 Å². The Labute approximate surface area is 109 Å². The fourth-order valence-corrected chi connectivity index (χ4v) is 2.23. The van der Waals surface area contributed by atoms with Crippen LogP contribution in [0.15, 0.2) is 18.2 Å². The molecule has 3 N–H and O–H groups in total. The lowest BCUT2D eigenvalue weighted by atomic mass is 10.1. The maximum absolute atomic E-state index is 12.2. The average Bonchev–Trinajstić information content (AvgIpc) is 2.74. The summed E-state index contributed by atoms with van der Waals surface area (Å²) in [5, 5.41) is 28.0. The van der Waals surface area contributed by atoms with Crippen LogP contribution >= 0.6 is 0 Å². The van der Waals surface area contributed by atoms with Gasteiger partial charge in [-0.25, -0.2) is 4.79 Å². The van der Waals surface area contributed by atoms with Crippen LogP contribution in [0.3, 0.4) is 0 Å². The Hall–Kier alpha value is -2.08. The normalized spacial score (nSPS) is 22.5. The number of likely N-dealkylation sites (tertiary alicyclic amines) is 1. The summed E-state index contributed by atoms with van der Waals surface area (Å²) >= 11 is 0. The highest BCUT2D eigenvalue weighted by molar-refractivity contribution is 5.97. The van der Waals surface area contributed by atoms with Gasteiger partial charge in [-0.2, -0.15) is 0 Å². The first-order valence-electron chi connectivity index (χ1n) is 5.91. The van der Waals surface area contributed by atoms with Crippen molar-refractivity contribution >= 4 is 11.9 Å². The number of rotatable bonds is 2. The molecule has 2 rings (SSSR count). The molecule has 6 heteroatoms. The minimum Gasteiger partial charge on any atom is -0.508 e. The van der Waals surface area contributed by atoms with Gasteiger partial charge in [0.15, 0.2) is 0 Å². The highest BCUT2D eigenvalue weighted by atomic mass is 16.4. The van der Waals surface area contributed by atoms with Gasteiger partial charge in [-0.3, -0.25) is 4.79 Å². The Morgan fingerprint density at radius 3 is 2.63 bits per heavy atom. The van der Waals surface area contributed by atoms with Crippen LogP contribution < -0.4 is 0 Å². The number of carbonyl (C=O) groups excluding carboxylic acids is 1. The van der Waals surface area contributed by atoms with E-state index in [2.05, 4.69) is 0 Å². The lowest BCUT2D eigenvalue weighted by molar-refractivity contribution is -0.141. The lowest BCUT2D eigenvalue weighted by Gasteiger charge is -2.21. The summed E-state index contributed by atoms with van der Waals surface area (Å²) in [6.07, 6.45) is -0.777. The summed E-state index contributed by atoms with van der Waals surface area (Å²) in [6, 6.07) is 3.33. The van der Waals surface area contributed by atoms with Crippen LogP contribution in [0.2, 0.25) is 0 Å². The molecule has 0 saturated carbocycles. The summed E-state index contributed by atoms with van der Waals surface area (Å²) in [6.45, 7) is 1.66. The van der Waals surface area contributed by atoms with E-state index in [0.29, 0.717) is 11.1 Å². The molecule has 102 valence electrons. The Balaban J connectivity index is 2.27. The quantitative estimate of drug-likeness (QED) is 0.717. The molecule has 1 aliphatic rings. The molecule has 0 unspecified atom stereocenters. The van der Waals surface area contributed by atoms with E-state index in [1.165, 1.54) is 18.2 Å². The molecule has 0 bridgehead atoms. The number of phenolic OH excluding ortho intramolecular Hbond substituents is 1. The summed E-state index contributed by atoms with van der Waals surface area (Å²) in [7, 11) is 0. The van der Waals surface area contributed by atoms with Crippen LogP contribution in [0.5, 0.6) is 5.75 Å². The molecule has 1 aromatic rings. The highest BCUT2D eigenvalue weighted by Crippen LogP contribution is 2.23. The van der Waals surface area contributed by atoms with Crippen molar-refractivity contribution in [3.05, 3.63) is 29.3 Å². The van der Waals surface area contributed by atoms with Gasteiger partial charge in [0.1, 0.15) is 11.8 Å². The van der Waals surface area contributed by atoms with Gasteiger partial charge in [0.05, 0.1) is 6.10 Å². The molecule has 0 radical (unpaired) electrons. The molecule has 1 aromatic carbocycles. The maximum atomic E-state index is 12.2. The second-order valence-electron chi connectivity index (χ2n) is 4.70. The van der Waals surface area contributed by atoms with E-state index >= 15 is 0 Å². The van der Waals surface area contributed by atoms with Crippen molar-refractivity contribution < 1.29 is 24.9 Å². The molecule has 0 spiro atoms. The van der Waals surface area contributed by atoms with Crippen molar-refractivity contribution in [2.24, 2.45) is 0 Å². The molecule has 19 heavy (non-hydrogen) atoms. The number of aliphatic hydroxyl groups is 1. The van der Waals surface area contributed by atoms with Crippen LogP contribution in [0.4, 0.5) is 0 Å². The third-order valence-electron chi connectivity index (χ3n) is 3.27. The molecule has 1 fully saturated rings. The number of aliphatic carboxylic acids is 1. The van der Waals surface area contributed by atoms with Gasteiger partial charge in [0, 0.05) is 18.5 Å². The van der Waals surface area contributed by atoms with Gasteiger partial charge in [0.2, 0.25) is 0 Å². The van der Waals surface area contributed by atoms with Gasteiger partial charge in [0.25, 0.3) is 5.91 Å². The predicted molar refractivity (Wildman–Crippen MR) is 65.9 cm³/mol. The lowest BCUT2D eigenvalue weighted by Crippen LogP contribution is -2.40. The third kappa shape index (κ3) is 2.53. The first-order chi connectivity index (χ1) is 8.90. The van der Waals surface area contributed by atoms with Crippen LogP contribution in [-0.2, 0) is 4.79 Å². The molecule has 0 aromatic heterocycles. The minimum absolute atomic E-state index is 0.00965. The number of β-amino-alcohol motifs (C(OH)–C–C–N with tert-alkyl or cyclic N) is 1. The van der Waals surface area contributed by atoms with Crippen molar-refractivity contribution in [1.82, 2.24) is 4.90 Å². The van der Waals surface area contributed by atoms with Crippen LogP contribution in [0, 0.1) is 6.92 Å². The number of carboxylic acid groups (broad SMARTS) is 1. The summed E-state index contributed by atoms with van der Waals surface area (Å²) < 4.78 is 0. The number of nitrogens with zero attached hydrogens (tertiary/aromatic N) is 1. The number of aliphatic hydroxyl groups excluding tert-OH is 1. The Morgan fingerprint density at radius 2 is 2.05 bits per heavy atom. The SMILES string of the molecule is Cc1cc(C(=O)N2C[C@@H](O)C[C@H]2C(=O)O)ccc1O. The van der Waals surface area contributed by atoms with Crippen LogP contribution in [0.25, 0.3) is 0 Å². The second-order valence-corrected chi connectivity index (χ2v) is 4.70. The number of aryl methyl sites for hydroxylation is 1. The van der Waals surface area contributed by atoms with E-state index in [9.17, 15) is 19.8 Å². The Kier molecular flexibility index (Phi) is 3.44. The van der Waals surface area contributed by atoms with Gasteiger partial charge in [-0.15, -0.1) is 0 Å². The van der Waals surface area contributed by atoms with Crippen LogP contribution in [-0.4, -0.2) is 50.8 Å². The average molecular weight is 265 g/mol. The zero-order valence-electron chi connectivity index (χ0n) is 10.4. The molecule has 1 amide bonds. The zero-order valence-corrected chi connectivity index (χ0v) is 10.4. The summed E-state index contributed by atoms with van der Waals surface area (Å²) in [5.41, 5.74) is 0.841. The van der Waals surface area contributed by atoms with Crippen molar-refractivity contribution in [1.29, 1.82) is 0 Å². The third-order valence-corrected chi connectivity index (χ3v) is 3.27. The van der Waals surface area contributed by atoms with E-state index in [1.807, 2.05) is 0 Å². The smallest absolute Gasteiger partial charge is 0.326 e. The van der Waals surface area contributed by atoms with Crippen molar-refractivity contribution in [2.45, 2.75) is 25.5 Å². The summed E-state index contributed by atoms with van der Waals surface area (Å²) in [4.78, 5) is 24.5. The predicted octanol–water partition coefficient (Wildman–Crippen LogP) is 0.361. The standard InChI is InChI=1S/C13H15NO5/c1-7-4-8(2-3-11(7)16)12(17)14-6-9(15)5-10(14)13(18)19/h2-4,9-10,15-16H,5-6H2,1H3,(H,18,19)/t9-,10-/m0/s1. The molecule has 2 atom stereocenters. The van der Waals surface area contributed by atoms with E-state index in [1.54, 1.807) is 6.92 Å². The Bertz CT molecular complexity index is 528. The van der Waals surface area contributed by atoms with E-state index in [4.69, 9.17) is 5.11 Å². The van der Waals surface area contributed by atoms with Gasteiger partial charge >= 0.3 is 5.97 Å². The number of aromatic hydroxyl groups is 1. The number of carboxylic acids is 1. The number of carbonyl (C=O) groups is 2. The summed E-state index contributed by atoms with van der Waals surface area (Å²) in [5.74, 6) is -1.50. The number of hydrogen-bond acceptors (Lipinski definition) is 4. The second kappa shape index (κ2) is 4.89. The maximum Gasteiger partial charge on any atom is 0.326 e. The molecule has 0 aliphatic carbocycles. The highest BCUT2D eigenvalue weighted by Gasteiger charge is 2.39. The van der Waals surface area contributed by atoms with E-state index in [-0.39, 0.29) is 18.7 Å². The number of benzene rings is 1. The molecular formula is C13H15NO5. The minimum atomic E-state index is -1.12. The fourth-order valence-electron chi connectivity index (χ4n) is 2.23. The number of phenols is 1. The molecule has 1 heterocycles. The van der Waals surface area contributed by atoms with Crippen LogP contribution in [0.1, 0.15) is 22.3 Å². The molecular weight excluding hydrogens is 250 g/mol. The van der Waals surface area contributed by atoms with E-state index in [0.717, 1.165) is 4.90 Å². The van der Waals surface area contributed by atoms with Gasteiger partial charge in [-0.05, 0) is 30.7 Å². The zero-order chi connectivity index (χ0) is 14.2. The first-order valence-corrected chi connectivity index (χ1v) is 5.91. The van der Waals surface area contributed by atoms with Crippen molar-refractivity contribution in [2.75, 3.05) is 6.54 Å². The van der Waals surface area contributed by atoms with Crippen molar-refractivity contribution in [3.63, 3.8) is 0 Å². The largest absolute Gasteiger partial charge is 0.508 e. The fraction of sp³-hybridized carbons (Fsp3) is 0.385. The molecule has 6 nitrogen and oxygen atoms in total. The molecule has 1 saturated heterocycles. The van der Waals surface area contributed by atoms with E-state index < -0.39 is 24.0 Å². The monoisotopic (exact) mass is 265 g/mol. The van der Waals surface area contributed by atoms with Gasteiger partial charge in [-0.1, -0.05) is 0 Å². The Morgan fingerprint density at radius 1 is 1.37 bits per heavy atom. The number of amides is 1. The topological polar surface area (TPSA) is 98.1 Å². The molecule has 1 aliphatic heterocycles. The first kappa shape index (κ1) is 13.4. The van der Waals surface area contributed by atoms with Crippen molar-refractivity contribution in [3.8, 4) is 5.75 Å².